The lowest BCUT2D eigenvalue weighted by Gasteiger charge is -2.20. The van der Waals surface area contributed by atoms with E-state index in [9.17, 15) is 0 Å². The number of aromatic nitrogens is 2. The second-order valence-electron chi connectivity index (χ2n) is 9.07. The number of aryl methyl sites for hydroxylation is 2. The SMILES string of the molecule is CN=C(NCc1ccc(CN2CCc3ccccc32)cc1)NC(C)Cc1c(C)nn(C)c1C.I. The Morgan fingerprint density at radius 3 is 2.47 bits per heavy atom. The summed E-state index contributed by atoms with van der Waals surface area (Å²) in [5.74, 6) is 0.819. The van der Waals surface area contributed by atoms with E-state index in [1.807, 2.05) is 18.8 Å². The Morgan fingerprint density at radius 2 is 1.79 bits per heavy atom. The maximum absolute atomic E-state index is 4.53. The Balaban J connectivity index is 0.00000324. The summed E-state index contributed by atoms with van der Waals surface area (Å²) in [5.41, 5.74) is 9.06. The summed E-state index contributed by atoms with van der Waals surface area (Å²) >= 11 is 0. The maximum atomic E-state index is 4.53. The van der Waals surface area contributed by atoms with Crippen molar-refractivity contribution in [3.8, 4) is 0 Å². The lowest BCUT2D eigenvalue weighted by atomic mass is 10.1. The van der Waals surface area contributed by atoms with E-state index in [-0.39, 0.29) is 30.0 Å². The molecular formula is C27H37IN6. The standard InChI is InChI=1S/C27H36N6.HI/c1-19(16-25-20(2)31-32(5)21(25)3)30-27(28-4)29-17-22-10-12-23(13-11-22)18-33-15-14-24-8-6-7-9-26(24)33;/h6-13,19H,14-18H2,1-5H3,(H2,28,29,30);1H. The molecule has 6 nitrogen and oxygen atoms in total. The normalized spacial score (nSPS) is 13.9. The summed E-state index contributed by atoms with van der Waals surface area (Å²) in [5, 5.41) is 11.5. The molecule has 2 N–H and O–H groups in total. The highest BCUT2D eigenvalue weighted by atomic mass is 127. The molecule has 0 bridgehead atoms. The molecule has 1 aliphatic rings. The van der Waals surface area contributed by atoms with Crippen LogP contribution in [0.1, 0.15) is 40.6 Å². The Hall–Kier alpha value is -2.55. The van der Waals surface area contributed by atoms with Crippen molar-refractivity contribution in [2.45, 2.75) is 52.7 Å². The maximum Gasteiger partial charge on any atom is 0.191 e. The second-order valence-corrected chi connectivity index (χ2v) is 9.07. The number of hydrogen-bond acceptors (Lipinski definition) is 3. The molecule has 0 aliphatic carbocycles. The van der Waals surface area contributed by atoms with E-state index >= 15 is 0 Å². The fourth-order valence-electron chi connectivity index (χ4n) is 4.64. The monoisotopic (exact) mass is 572 g/mol. The molecule has 0 saturated heterocycles. The summed E-state index contributed by atoms with van der Waals surface area (Å²) in [6, 6.07) is 17.9. The summed E-state index contributed by atoms with van der Waals surface area (Å²) in [7, 11) is 3.82. The molecule has 0 radical (unpaired) electrons. The third-order valence-corrected chi connectivity index (χ3v) is 6.62. The smallest absolute Gasteiger partial charge is 0.191 e. The first-order valence-corrected chi connectivity index (χ1v) is 11.8. The van der Waals surface area contributed by atoms with Gasteiger partial charge in [-0.25, -0.2) is 0 Å². The summed E-state index contributed by atoms with van der Waals surface area (Å²) in [6.45, 7) is 9.18. The first-order valence-electron chi connectivity index (χ1n) is 11.8. The van der Waals surface area contributed by atoms with E-state index in [0.717, 1.165) is 44.1 Å². The van der Waals surface area contributed by atoms with Crippen molar-refractivity contribution >= 4 is 35.6 Å². The van der Waals surface area contributed by atoms with Crippen LogP contribution >= 0.6 is 24.0 Å². The van der Waals surface area contributed by atoms with Crippen LogP contribution < -0.4 is 15.5 Å². The second kappa shape index (κ2) is 11.7. The van der Waals surface area contributed by atoms with Crippen LogP contribution in [-0.2, 0) is 33.0 Å². The molecule has 1 aliphatic heterocycles. The van der Waals surface area contributed by atoms with Gasteiger partial charge in [0.1, 0.15) is 0 Å². The number of hydrogen-bond donors (Lipinski definition) is 2. The van der Waals surface area contributed by atoms with Crippen LogP contribution in [-0.4, -0.2) is 35.4 Å². The number of fused-ring (bicyclic) bond motifs is 1. The number of nitrogens with zero attached hydrogens (tertiary/aromatic N) is 4. The Labute approximate surface area is 220 Å². The number of halogens is 1. The van der Waals surface area contributed by atoms with Gasteiger partial charge in [-0.2, -0.15) is 5.10 Å². The molecule has 0 amide bonds. The van der Waals surface area contributed by atoms with Gasteiger partial charge < -0.3 is 15.5 Å². The fourth-order valence-corrected chi connectivity index (χ4v) is 4.64. The zero-order valence-corrected chi connectivity index (χ0v) is 23.3. The summed E-state index contributed by atoms with van der Waals surface area (Å²) in [6.07, 6.45) is 2.06. The van der Waals surface area contributed by atoms with E-state index in [2.05, 4.69) is 94.9 Å². The lowest BCUT2D eigenvalue weighted by molar-refractivity contribution is 0.635. The first kappa shape index (κ1) is 26.1. The number of aliphatic imine (C=N–C) groups is 1. The van der Waals surface area contributed by atoms with Crippen molar-refractivity contribution in [2.75, 3.05) is 18.5 Å². The van der Waals surface area contributed by atoms with Crippen LogP contribution in [0.5, 0.6) is 0 Å². The van der Waals surface area contributed by atoms with Crippen molar-refractivity contribution in [3.63, 3.8) is 0 Å². The highest BCUT2D eigenvalue weighted by Crippen LogP contribution is 2.28. The molecular weight excluding hydrogens is 535 g/mol. The van der Waals surface area contributed by atoms with Crippen molar-refractivity contribution in [3.05, 3.63) is 82.2 Å². The van der Waals surface area contributed by atoms with Gasteiger partial charge in [0.25, 0.3) is 0 Å². The molecule has 2 heterocycles. The van der Waals surface area contributed by atoms with E-state index in [4.69, 9.17) is 0 Å². The van der Waals surface area contributed by atoms with Gasteiger partial charge in [0.2, 0.25) is 0 Å². The molecule has 1 aromatic heterocycles. The zero-order chi connectivity index (χ0) is 23.4. The largest absolute Gasteiger partial charge is 0.367 e. The molecule has 1 unspecified atom stereocenters. The quantitative estimate of drug-likeness (QED) is 0.249. The van der Waals surface area contributed by atoms with Crippen molar-refractivity contribution in [2.24, 2.45) is 12.0 Å². The molecule has 3 aromatic rings. The minimum Gasteiger partial charge on any atom is -0.367 e. The van der Waals surface area contributed by atoms with E-state index in [0.29, 0.717) is 0 Å². The number of guanidine groups is 1. The van der Waals surface area contributed by atoms with Gasteiger partial charge in [0, 0.05) is 51.2 Å². The molecule has 182 valence electrons. The van der Waals surface area contributed by atoms with Crippen LogP contribution in [0.2, 0.25) is 0 Å². The number of anilines is 1. The minimum atomic E-state index is 0. The van der Waals surface area contributed by atoms with Gasteiger partial charge in [-0.05, 0) is 61.9 Å². The lowest BCUT2D eigenvalue weighted by Crippen LogP contribution is -2.42. The highest BCUT2D eigenvalue weighted by molar-refractivity contribution is 14.0. The summed E-state index contributed by atoms with van der Waals surface area (Å²) < 4.78 is 1.95. The van der Waals surface area contributed by atoms with Crippen molar-refractivity contribution in [1.82, 2.24) is 20.4 Å². The van der Waals surface area contributed by atoms with Gasteiger partial charge >= 0.3 is 0 Å². The molecule has 4 rings (SSSR count). The van der Waals surface area contributed by atoms with Crippen LogP contribution in [0.25, 0.3) is 0 Å². The third kappa shape index (κ3) is 6.11. The Bertz CT molecular complexity index is 1120. The van der Waals surface area contributed by atoms with Gasteiger partial charge in [-0.1, -0.05) is 42.5 Å². The Kier molecular flexibility index (Phi) is 8.99. The first-order chi connectivity index (χ1) is 15.9. The fraction of sp³-hybridized carbons (Fsp3) is 0.407. The Morgan fingerprint density at radius 1 is 1.09 bits per heavy atom. The molecule has 7 heteroatoms. The van der Waals surface area contributed by atoms with Gasteiger partial charge in [0.15, 0.2) is 5.96 Å². The van der Waals surface area contributed by atoms with Gasteiger partial charge in [0.05, 0.1) is 5.69 Å². The van der Waals surface area contributed by atoms with Crippen LogP contribution in [0, 0.1) is 13.8 Å². The van der Waals surface area contributed by atoms with Crippen molar-refractivity contribution < 1.29 is 0 Å². The molecule has 34 heavy (non-hydrogen) atoms. The average Bonchev–Trinajstić information content (AvgIpc) is 3.33. The van der Waals surface area contributed by atoms with Gasteiger partial charge in [-0.15, -0.1) is 24.0 Å². The molecule has 0 saturated carbocycles. The van der Waals surface area contributed by atoms with Crippen molar-refractivity contribution in [1.29, 1.82) is 0 Å². The van der Waals surface area contributed by atoms with Crippen LogP contribution in [0.3, 0.4) is 0 Å². The van der Waals surface area contributed by atoms with Crippen LogP contribution in [0.15, 0.2) is 53.5 Å². The summed E-state index contributed by atoms with van der Waals surface area (Å²) in [4.78, 5) is 6.88. The molecule has 0 spiro atoms. The topological polar surface area (TPSA) is 57.5 Å². The van der Waals surface area contributed by atoms with E-state index < -0.39 is 0 Å². The van der Waals surface area contributed by atoms with Crippen LogP contribution in [0.4, 0.5) is 5.69 Å². The average molecular weight is 573 g/mol. The van der Waals surface area contributed by atoms with E-state index in [1.54, 1.807) is 0 Å². The number of para-hydroxylation sites is 1. The predicted octanol–water partition coefficient (Wildman–Crippen LogP) is 4.51. The zero-order valence-electron chi connectivity index (χ0n) is 20.9. The third-order valence-electron chi connectivity index (χ3n) is 6.62. The molecule has 2 aromatic carbocycles. The number of benzene rings is 2. The number of nitrogens with one attached hydrogen (secondary N) is 2. The van der Waals surface area contributed by atoms with E-state index in [1.165, 1.54) is 33.6 Å². The molecule has 0 fully saturated rings. The highest BCUT2D eigenvalue weighted by Gasteiger charge is 2.18. The minimum absolute atomic E-state index is 0. The van der Waals surface area contributed by atoms with Gasteiger partial charge in [-0.3, -0.25) is 9.67 Å². The predicted molar refractivity (Wildman–Crippen MR) is 152 cm³/mol. The molecule has 1 atom stereocenters. The number of rotatable bonds is 7.